The van der Waals surface area contributed by atoms with E-state index in [9.17, 15) is 5.26 Å². The van der Waals surface area contributed by atoms with Gasteiger partial charge >= 0.3 is 0 Å². The molecule has 5 rings (SSSR count). The van der Waals surface area contributed by atoms with Crippen LogP contribution in [0.5, 0.6) is 0 Å². The van der Waals surface area contributed by atoms with Gasteiger partial charge in [0.15, 0.2) is 23.4 Å². The number of rotatable bonds is 10. The zero-order valence-electron chi connectivity index (χ0n) is 21.4. The number of allylic oxidation sites excluding steroid dienone is 3. The molecule has 0 unspecified atom stereocenters. The van der Waals surface area contributed by atoms with Gasteiger partial charge in [-0.15, -0.1) is 4.33 Å². The predicted molar refractivity (Wildman–Crippen MR) is 150 cm³/mol. The fourth-order valence-electron chi connectivity index (χ4n) is 5.51. The van der Waals surface area contributed by atoms with Crippen molar-refractivity contribution in [2.24, 2.45) is 0 Å². The van der Waals surface area contributed by atoms with Crippen LogP contribution in [0.1, 0.15) is 38.9 Å². The lowest BCUT2D eigenvalue weighted by Crippen LogP contribution is -2.40. The first-order valence-electron chi connectivity index (χ1n) is 12.8. The van der Waals surface area contributed by atoms with Crippen LogP contribution in [0.4, 0.5) is 11.4 Å². The highest BCUT2D eigenvalue weighted by atomic mass is 35.5. The van der Waals surface area contributed by atoms with Gasteiger partial charge in [-0.25, -0.2) is 9.13 Å². The molecule has 1 aromatic heterocycles. The minimum Gasteiger partial charge on any atom is -0.691 e. The van der Waals surface area contributed by atoms with Crippen molar-refractivity contribution >= 4 is 63.5 Å². The molecule has 0 atom stereocenters. The van der Waals surface area contributed by atoms with Gasteiger partial charge in [-0.3, -0.25) is 9.22 Å². The Hall–Kier alpha value is -2.24. The van der Waals surface area contributed by atoms with Gasteiger partial charge in [-0.1, -0.05) is 35.3 Å². The van der Waals surface area contributed by atoms with Crippen LogP contribution in [-0.2, 0) is 26.6 Å². The number of anilines is 2. The molecule has 2 aromatic carbocycles. The summed E-state index contributed by atoms with van der Waals surface area (Å²) in [5.41, 5.74) is 5.85. The highest BCUT2D eigenvalue weighted by Gasteiger charge is 2.32. The van der Waals surface area contributed by atoms with Crippen molar-refractivity contribution in [1.29, 1.82) is 0 Å². The molecule has 0 fully saturated rings. The highest BCUT2D eigenvalue weighted by Crippen LogP contribution is 2.45. The standard InChI is InChI=1S/C27H30Cl2N4O4S/c1-3-30-24-17-20(28)21(29)18-25(24)31(4-2)26(30)13-12-19-9-7-14-32-22-10-5-6-11-23(22)33(27(19)32)15-8-16-35-38-37-36-34/h5-6,10-13,17-18H,3-4,7-9,14-16H2,1-2H3. The van der Waals surface area contributed by atoms with Gasteiger partial charge in [0, 0.05) is 25.1 Å². The van der Waals surface area contributed by atoms with E-state index in [-0.39, 0.29) is 0 Å². The monoisotopic (exact) mass is 576 g/mol. The lowest BCUT2D eigenvalue weighted by molar-refractivity contribution is -0.777. The number of para-hydroxylation sites is 2. The first-order valence-corrected chi connectivity index (χ1v) is 14.2. The zero-order chi connectivity index (χ0) is 26.6. The number of fused-ring (bicyclic) bond motifs is 4. The van der Waals surface area contributed by atoms with Crippen LogP contribution in [0.3, 0.4) is 0 Å². The number of aryl methyl sites for hydroxylation is 2. The van der Waals surface area contributed by atoms with Crippen LogP contribution < -0.4 is 19.6 Å². The molecule has 3 aromatic rings. The minimum absolute atomic E-state index is 0.420. The number of aromatic nitrogens is 2. The van der Waals surface area contributed by atoms with Crippen LogP contribution in [0.25, 0.3) is 16.6 Å². The molecule has 202 valence electrons. The highest BCUT2D eigenvalue weighted by molar-refractivity contribution is 7.89. The van der Waals surface area contributed by atoms with Gasteiger partial charge in [-0.05, 0) is 63.1 Å². The fraction of sp³-hybridized carbons (Fsp3) is 0.370. The smallest absolute Gasteiger partial charge is 0.285 e. The summed E-state index contributed by atoms with van der Waals surface area (Å²) in [4.78, 5) is 4.57. The lowest BCUT2D eigenvalue weighted by atomic mass is 10.0. The van der Waals surface area contributed by atoms with E-state index in [1.165, 1.54) is 22.4 Å². The summed E-state index contributed by atoms with van der Waals surface area (Å²) in [6.45, 7) is 8.08. The Morgan fingerprint density at radius 2 is 1.76 bits per heavy atom. The van der Waals surface area contributed by atoms with Crippen LogP contribution in [0.2, 0.25) is 10.0 Å². The number of hydrogen-bond acceptors (Lipinski definition) is 7. The van der Waals surface area contributed by atoms with E-state index in [1.54, 1.807) is 0 Å². The molecule has 38 heavy (non-hydrogen) atoms. The van der Waals surface area contributed by atoms with Crippen molar-refractivity contribution in [3.05, 3.63) is 70.2 Å². The van der Waals surface area contributed by atoms with Gasteiger partial charge in [0.1, 0.15) is 5.82 Å². The van der Waals surface area contributed by atoms with Gasteiger partial charge in [0.05, 0.1) is 41.1 Å². The molecule has 3 heterocycles. The normalized spacial score (nSPS) is 16.0. The van der Waals surface area contributed by atoms with Crippen LogP contribution in [0, 0.1) is 0 Å². The zero-order valence-corrected chi connectivity index (χ0v) is 23.7. The first kappa shape index (κ1) is 27.3. The van der Waals surface area contributed by atoms with Gasteiger partial charge < -0.3 is 15.1 Å². The Bertz CT molecular complexity index is 1340. The molecule has 11 heteroatoms. The molecule has 0 radical (unpaired) electrons. The first-order chi connectivity index (χ1) is 18.6. The van der Waals surface area contributed by atoms with E-state index in [1.807, 2.05) is 12.1 Å². The van der Waals surface area contributed by atoms with Crippen molar-refractivity contribution in [1.82, 2.24) is 4.57 Å². The summed E-state index contributed by atoms with van der Waals surface area (Å²) in [6, 6.07) is 12.4. The summed E-state index contributed by atoms with van der Waals surface area (Å²) in [5, 5.41) is 14.4. The molecule has 8 nitrogen and oxygen atoms in total. The second kappa shape index (κ2) is 12.3. The SMILES string of the molecule is CCN1C(=CC=C2CCC[n+]3c2n(CCCOSOO[O-])c2ccccc23)N(CC)c2cc(Cl)c(Cl)cc21. The van der Waals surface area contributed by atoms with Crippen molar-refractivity contribution in [2.45, 2.75) is 46.2 Å². The average Bonchev–Trinajstić information content (AvgIpc) is 3.41. The van der Waals surface area contributed by atoms with Gasteiger partial charge in [0.25, 0.3) is 5.82 Å². The number of halogens is 2. The Balaban J connectivity index is 1.51. The Kier molecular flexibility index (Phi) is 8.84. The largest absolute Gasteiger partial charge is 0.691 e. The molecule has 2 aliphatic heterocycles. The lowest BCUT2D eigenvalue weighted by Gasteiger charge is -2.23. The molecule has 0 saturated heterocycles. The summed E-state index contributed by atoms with van der Waals surface area (Å²) >= 11 is 13.3. The maximum Gasteiger partial charge on any atom is 0.285 e. The Morgan fingerprint density at radius 1 is 1.05 bits per heavy atom. The Morgan fingerprint density at radius 3 is 2.45 bits per heavy atom. The van der Waals surface area contributed by atoms with Crippen LogP contribution in [-0.4, -0.2) is 24.3 Å². The predicted octanol–water partition coefficient (Wildman–Crippen LogP) is 5.81. The van der Waals surface area contributed by atoms with E-state index in [0.29, 0.717) is 29.0 Å². The van der Waals surface area contributed by atoms with Crippen molar-refractivity contribution in [3.63, 3.8) is 0 Å². The molecule has 0 saturated carbocycles. The summed E-state index contributed by atoms with van der Waals surface area (Å²) in [6.07, 6.45) is 7.31. The van der Waals surface area contributed by atoms with Crippen LogP contribution in [0.15, 0.2) is 54.4 Å². The van der Waals surface area contributed by atoms with Gasteiger partial charge in [0.2, 0.25) is 0 Å². The molecule has 2 aliphatic rings. The molecular weight excluding hydrogens is 547 g/mol. The average molecular weight is 578 g/mol. The van der Waals surface area contributed by atoms with Crippen molar-refractivity contribution < 1.29 is 23.4 Å². The topological polar surface area (TPSA) is 66.0 Å². The number of benzene rings is 2. The van der Waals surface area contributed by atoms with Gasteiger partial charge in [-0.2, -0.15) is 0 Å². The van der Waals surface area contributed by atoms with Crippen molar-refractivity contribution in [2.75, 3.05) is 29.5 Å². The number of hydrogen-bond donors (Lipinski definition) is 0. The molecule has 0 N–H and O–H groups in total. The molecule has 0 aliphatic carbocycles. The number of nitrogens with zero attached hydrogens (tertiary/aromatic N) is 4. The summed E-state index contributed by atoms with van der Waals surface area (Å²) < 4.78 is 14.2. The second-order valence-electron chi connectivity index (χ2n) is 9.06. The third-order valence-electron chi connectivity index (χ3n) is 7.02. The van der Waals surface area contributed by atoms with E-state index in [0.717, 1.165) is 62.6 Å². The molecule has 0 amide bonds. The number of imidazole rings is 1. The summed E-state index contributed by atoms with van der Waals surface area (Å²) in [5.74, 6) is 2.33. The molecule has 0 spiro atoms. The van der Waals surface area contributed by atoms with E-state index >= 15 is 0 Å². The Labute approximate surface area is 236 Å². The van der Waals surface area contributed by atoms with E-state index < -0.39 is 0 Å². The van der Waals surface area contributed by atoms with E-state index in [2.05, 4.69) is 78.6 Å². The summed E-state index contributed by atoms with van der Waals surface area (Å²) in [7, 11) is 0. The van der Waals surface area contributed by atoms with E-state index in [4.69, 9.17) is 27.4 Å². The fourth-order valence-corrected chi connectivity index (χ4v) is 6.07. The molecule has 0 bridgehead atoms. The second-order valence-corrected chi connectivity index (χ2v) is 10.4. The van der Waals surface area contributed by atoms with Crippen molar-refractivity contribution in [3.8, 4) is 0 Å². The quantitative estimate of drug-likeness (QED) is 0.0990. The molecular formula is C27H30Cl2N4O4S. The van der Waals surface area contributed by atoms with Crippen LogP contribution >= 0.6 is 35.5 Å². The third kappa shape index (κ3) is 5.16. The maximum absolute atomic E-state index is 9.96. The maximum atomic E-state index is 9.96. The minimum atomic E-state index is 0.420. The third-order valence-corrected chi connectivity index (χ3v) is 8.12.